The molecule has 264 valence electrons. The van der Waals surface area contributed by atoms with Gasteiger partial charge in [-0.25, -0.2) is 19.2 Å². The second-order valence-corrected chi connectivity index (χ2v) is 11.8. The summed E-state index contributed by atoms with van der Waals surface area (Å²) in [5.41, 5.74) is 0.642. The smallest absolute Gasteiger partial charge is 0.463 e. The lowest BCUT2D eigenvalue weighted by atomic mass is 10.1. The van der Waals surface area contributed by atoms with E-state index in [1.54, 1.807) is 72.8 Å². The average molecular weight is 699 g/mol. The maximum absolute atomic E-state index is 13.0. The van der Waals surface area contributed by atoms with Crippen molar-refractivity contribution in [2.75, 3.05) is 26.4 Å². The van der Waals surface area contributed by atoms with Crippen LogP contribution in [0.15, 0.2) is 85.5 Å². The Bertz CT molecular complexity index is 1990. The van der Waals surface area contributed by atoms with Crippen LogP contribution < -0.4 is 9.47 Å². The predicted octanol–water partition coefficient (Wildman–Crippen LogP) is 5.49. The van der Waals surface area contributed by atoms with Crippen LogP contribution in [-0.2, 0) is 38.0 Å². The van der Waals surface area contributed by atoms with E-state index >= 15 is 0 Å². The summed E-state index contributed by atoms with van der Waals surface area (Å²) in [6.45, 7) is 5.24. The lowest BCUT2D eigenvalue weighted by Gasteiger charge is -2.17. The molecule has 2 fully saturated rings. The summed E-state index contributed by atoms with van der Waals surface area (Å²) >= 11 is 0. The van der Waals surface area contributed by atoms with Crippen LogP contribution in [0.2, 0.25) is 0 Å². The number of fused-ring (bicyclic) bond motifs is 3. The molecule has 51 heavy (non-hydrogen) atoms. The first kappa shape index (κ1) is 35.1. The van der Waals surface area contributed by atoms with E-state index in [-0.39, 0.29) is 32.2 Å². The summed E-state index contributed by atoms with van der Waals surface area (Å²) in [7, 11) is 0. The highest BCUT2D eigenvalue weighted by molar-refractivity contribution is 5.98. The molecule has 0 aromatic heterocycles. The van der Waals surface area contributed by atoms with Crippen molar-refractivity contribution in [2.24, 2.45) is 0 Å². The molecule has 0 amide bonds. The fourth-order valence-corrected chi connectivity index (χ4v) is 5.76. The molecule has 0 bridgehead atoms. The second-order valence-electron chi connectivity index (χ2n) is 11.8. The lowest BCUT2D eigenvalue weighted by Crippen LogP contribution is -2.35. The number of hydrogen-bond donors (Lipinski definition) is 0. The van der Waals surface area contributed by atoms with E-state index in [1.165, 1.54) is 6.92 Å². The Morgan fingerprint density at radius 2 is 1.18 bits per heavy atom. The Balaban J connectivity index is 1.01. The minimum Gasteiger partial charge on any atom is -0.463 e. The minimum absolute atomic E-state index is 0.104. The molecule has 4 aromatic rings. The summed E-state index contributed by atoms with van der Waals surface area (Å²) in [5.74, 6) is -1.47. The Morgan fingerprint density at radius 3 is 1.76 bits per heavy atom. The maximum Gasteiger partial charge on any atom is 0.513 e. The molecule has 13 nitrogen and oxygen atoms in total. The van der Waals surface area contributed by atoms with Gasteiger partial charge < -0.3 is 37.9 Å². The molecule has 0 spiro atoms. The third kappa shape index (κ3) is 8.69. The molecule has 0 N–H and O–H groups in total. The first-order valence-electron chi connectivity index (χ1n) is 16.2. The van der Waals surface area contributed by atoms with Gasteiger partial charge in [0.05, 0.1) is 37.6 Å². The van der Waals surface area contributed by atoms with Crippen molar-refractivity contribution in [3.8, 4) is 11.5 Å². The van der Waals surface area contributed by atoms with Crippen LogP contribution in [0.3, 0.4) is 0 Å². The van der Waals surface area contributed by atoms with Crippen molar-refractivity contribution in [1.82, 2.24) is 0 Å². The van der Waals surface area contributed by atoms with Crippen LogP contribution in [0.4, 0.5) is 4.79 Å². The van der Waals surface area contributed by atoms with E-state index in [0.717, 1.165) is 27.6 Å². The number of benzene rings is 4. The van der Waals surface area contributed by atoms with Crippen molar-refractivity contribution in [1.29, 1.82) is 0 Å². The highest BCUT2D eigenvalue weighted by Gasteiger charge is 2.51. The molecule has 2 aliphatic heterocycles. The van der Waals surface area contributed by atoms with Gasteiger partial charge in [-0.2, -0.15) is 0 Å². The van der Waals surface area contributed by atoms with Crippen LogP contribution in [0, 0.1) is 0 Å². The number of carbonyl (C=O) groups is 5. The lowest BCUT2D eigenvalue weighted by molar-refractivity contribution is -0.151. The summed E-state index contributed by atoms with van der Waals surface area (Å²) in [5, 5.41) is 2.92. The summed E-state index contributed by atoms with van der Waals surface area (Å²) in [6, 6.07) is 20.0. The summed E-state index contributed by atoms with van der Waals surface area (Å²) < 4.78 is 43.2. The van der Waals surface area contributed by atoms with Crippen molar-refractivity contribution in [3.05, 3.63) is 96.6 Å². The van der Waals surface area contributed by atoms with E-state index in [0.29, 0.717) is 29.7 Å². The molecule has 2 heterocycles. The van der Waals surface area contributed by atoms with Gasteiger partial charge in [-0.3, -0.25) is 4.79 Å². The van der Waals surface area contributed by atoms with Crippen LogP contribution >= 0.6 is 0 Å². The molecule has 2 aliphatic rings. The average Bonchev–Trinajstić information content (AvgIpc) is 3.71. The molecule has 6 rings (SSSR count). The van der Waals surface area contributed by atoms with Crippen molar-refractivity contribution in [2.45, 2.75) is 44.2 Å². The Kier molecular flexibility index (Phi) is 10.9. The highest BCUT2D eigenvalue weighted by Crippen LogP contribution is 2.32. The number of rotatable bonds is 12. The van der Waals surface area contributed by atoms with Gasteiger partial charge in [-0.05, 0) is 82.9 Å². The molecule has 2 unspecified atom stereocenters. The molecular weight excluding hydrogens is 664 g/mol. The monoisotopic (exact) mass is 698 g/mol. The maximum atomic E-state index is 13.0. The predicted molar refractivity (Wildman–Crippen MR) is 179 cm³/mol. The molecule has 2 saturated heterocycles. The first-order valence-corrected chi connectivity index (χ1v) is 16.2. The number of unbranched alkanes of at least 4 members (excludes halogenated alkanes) is 1. The van der Waals surface area contributed by atoms with E-state index in [4.69, 9.17) is 37.9 Å². The fraction of sp³-hybridized carbons (Fsp3) is 0.289. The second kappa shape index (κ2) is 15.8. The molecular formula is C38H34O13. The molecule has 0 saturated carbocycles. The van der Waals surface area contributed by atoms with Crippen LogP contribution in [0.5, 0.6) is 11.5 Å². The molecule has 4 atom stereocenters. The number of hydrogen-bond acceptors (Lipinski definition) is 13. The third-order valence-electron chi connectivity index (χ3n) is 8.21. The Hall–Kier alpha value is -5.79. The largest absolute Gasteiger partial charge is 0.513 e. The standard InChI is InChI=1S/C38H34O13/c1-3-33(40)44-14-4-5-15-45-38(43)50-30-13-11-24-16-27(8-6-26(24)19-30)36(41)49-29-12-10-23-17-28(9-7-25(23)18-29)37(42)51-32-21-47-34-31(48-22(2)39)20-46-35(32)34/h3,6-13,16-19,31-32,34-35H,1,4-5,14-15,20-21H2,2H3/t31-,32-,34?,35?/m1/s1. The van der Waals surface area contributed by atoms with Gasteiger partial charge in [0.1, 0.15) is 23.7 Å². The van der Waals surface area contributed by atoms with Crippen molar-refractivity contribution < 1.29 is 61.9 Å². The van der Waals surface area contributed by atoms with Gasteiger partial charge in [0.15, 0.2) is 12.2 Å². The molecule has 13 heteroatoms. The number of esters is 4. The molecule has 4 aromatic carbocycles. The van der Waals surface area contributed by atoms with Crippen molar-refractivity contribution in [3.63, 3.8) is 0 Å². The van der Waals surface area contributed by atoms with Gasteiger partial charge >= 0.3 is 30.0 Å². The van der Waals surface area contributed by atoms with Crippen LogP contribution in [0.1, 0.15) is 40.5 Å². The summed E-state index contributed by atoms with van der Waals surface area (Å²) in [4.78, 5) is 60.5. The van der Waals surface area contributed by atoms with Gasteiger partial charge in [0.2, 0.25) is 0 Å². The zero-order valence-corrected chi connectivity index (χ0v) is 27.6. The summed E-state index contributed by atoms with van der Waals surface area (Å²) in [6.07, 6.45) is -0.964. The van der Waals surface area contributed by atoms with E-state index in [2.05, 4.69) is 6.58 Å². The van der Waals surface area contributed by atoms with E-state index in [1.807, 2.05) is 0 Å². The number of ether oxygens (including phenoxy) is 8. The minimum atomic E-state index is -0.864. The van der Waals surface area contributed by atoms with Crippen LogP contribution in [0.25, 0.3) is 21.5 Å². The number of carbonyl (C=O) groups excluding carboxylic acids is 5. The zero-order valence-electron chi connectivity index (χ0n) is 27.6. The first-order chi connectivity index (χ1) is 24.7. The Morgan fingerprint density at radius 1 is 0.667 bits per heavy atom. The van der Waals surface area contributed by atoms with Gasteiger partial charge in [-0.1, -0.05) is 30.8 Å². The van der Waals surface area contributed by atoms with Crippen LogP contribution in [-0.4, -0.2) is 80.9 Å². The Labute approximate surface area is 291 Å². The highest BCUT2D eigenvalue weighted by atomic mass is 16.7. The topological polar surface area (TPSA) is 159 Å². The van der Waals surface area contributed by atoms with Gasteiger partial charge in [-0.15, -0.1) is 0 Å². The van der Waals surface area contributed by atoms with E-state index < -0.39 is 54.4 Å². The van der Waals surface area contributed by atoms with Gasteiger partial charge in [0.25, 0.3) is 0 Å². The molecule has 0 aliphatic carbocycles. The molecule has 0 radical (unpaired) electrons. The van der Waals surface area contributed by atoms with Gasteiger partial charge in [0, 0.05) is 13.0 Å². The SMILES string of the molecule is C=CC(=O)OCCCCOC(=O)Oc1ccc2cc(C(=O)Oc3ccc4cc(C(=O)O[C@@H]5COC6C5OC[C@H]6OC(C)=O)ccc4c3)ccc2c1. The van der Waals surface area contributed by atoms with Crippen molar-refractivity contribution >= 4 is 51.6 Å². The normalized spacial score (nSPS) is 19.2. The van der Waals surface area contributed by atoms with E-state index in [9.17, 15) is 24.0 Å². The third-order valence-corrected chi connectivity index (χ3v) is 8.21. The quantitative estimate of drug-likeness (QED) is 0.0457. The fourth-order valence-electron chi connectivity index (χ4n) is 5.76. The zero-order chi connectivity index (χ0) is 35.9.